The monoisotopic (exact) mass is 172 g/mol. The molecule has 0 fully saturated rings. The van der Waals surface area contributed by atoms with Crippen LogP contribution in [0.4, 0.5) is 8.78 Å². The topological polar surface area (TPSA) is 38.9 Å². The molecule has 0 amide bonds. The van der Waals surface area contributed by atoms with E-state index in [2.05, 4.69) is 4.98 Å². The van der Waals surface area contributed by atoms with Gasteiger partial charge in [-0.15, -0.1) is 0 Å². The average Bonchev–Trinajstić information content (AvgIpc) is 2.05. The Morgan fingerprint density at radius 1 is 1.50 bits per heavy atom. The van der Waals surface area contributed by atoms with Gasteiger partial charge in [0.05, 0.1) is 0 Å². The van der Waals surface area contributed by atoms with Crippen LogP contribution in [0.1, 0.15) is 18.0 Å². The lowest BCUT2D eigenvalue weighted by Gasteiger charge is -2.09. The molecule has 4 heteroatoms. The van der Waals surface area contributed by atoms with Crippen LogP contribution in [0.25, 0.3) is 0 Å². The molecular weight excluding hydrogens is 162 g/mol. The summed E-state index contributed by atoms with van der Waals surface area (Å²) in [6.45, 7) is 0. The minimum Gasteiger partial charge on any atom is -0.324 e. The van der Waals surface area contributed by atoms with Crippen molar-refractivity contribution in [1.82, 2.24) is 4.98 Å². The summed E-state index contributed by atoms with van der Waals surface area (Å²) in [6.07, 6.45) is 0.414. The van der Waals surface area contributed by atoms with Gasteiger partial charge in [0.1, 0.15) is 0 Å². The predicted octanol–water partition coefficient (Wildman–Crippen LogP) is 1.74. The Morgan fingerprint density at radius 2 is 2.25 bits per heavy atom. The Morgan fingerprint density at radius 3 is 2.75 bits per heavy atom. The zero-order valence-corrected chi connectivity index (χ0v) is 6.45. The van der Waals surface area contributed by atoms with Crippen molar-refractivity contribution in [3.05, 3.63) is 30.1 Å². The highest BCUT2D eigenvalue weighted by Gasteiger charge is 2.12. The molecule has 0 radical (unpaired) electrons. The summed E-state index contributed by atoms with van der Waals surface area (Å²) in [4.78, 5) is 3.79. The van der Waals surface area contributed by atoms with E-state index in [1.165, 1.54) is 6.20 Å². The summed E-state index contributed by atoms with van der Waals surface area (Å²) >= 11 is 0. The Bertz CT molecular complexity index is 226. The first-order chi connectivity index (χ1) is 5.70. The van der Waals surface area contributed by atoms with Crippen LogP contribution in [0.2, 0.25) is 0 Å². The molecule has 12 heavy (non-hydrogen) atoms. The first kappa shape index (κ1) is 9.06. The molecule has 0 spiro atoms. The maximum Gasteiger partial charge on any atom is 0.240 e. The normalized spacial score (nSPS) is 13.3. The Labute approximate surface area is 69.4 Å². The second-order valence-electron chi connectivity index (χ2n) is 2.52. The highest BCUT2D eigenvalue weighted by molar-refractivity contribution is 5.12. The van der Waals surface area contributed by atoms with Crippen molar-refractivity contribution in [3.8, 4) is 0 Å². The van der Waals surface area contributed by atoms with E-state index in [1.807, 2.05) is 0 Å². The fraction of sp³-hybridized carbons (Fsp3) is 0.375. The summed E-state index contributed by atoms with van der Waals surface area (Å²) in [5, 5.41) is 0. The van der Waals surface area contributed by atoms with Gasteiger partial charge < -0.3 is 5.73 Å². The number of hydrogen-bond acceptors (Lipinski definition) is 2. The van der Waals surface area contributed by atoms with Gasteiger partial charge in [0.25, 0.3) is 0 Å². The standard InChI is InChI=1S/C8H10F2N2/c9-8(10)4-7(11)6-2-1-3-12-5-6/h1-3,5,7-8H,4,11H2/t7-/m1/s1. The van der Waals surface area contributed by atoms with Crippen LogP contribution in [0.5, 0.6) is 0 Å². The summed E-state index contributed by atoms with van der Waals surface area (Å²) in [7, 11) is 0. The van der Waals surface area contributed by atoms with E-state index >= 15 is 0 Å². The van der Waals surface area contributed by atoms with E-state index in [9.17, 15) is 8.78 Å². The van der Waals surface area contributed by atoms with Gasteiger partial charge in [-0.1, -0.05) is 6.07 Å². The van der Waals surface area contributed by atoms with Gasteiger partial charge in [0.15, 0.2) is 0 Å². The second-order valence-corrected chi connectivity index (χ2v) is 2.52. The van der Waals surface area contributed by atoms with Crippen molar-refractivity contribution in [2.45, 2.75) is 18.9 Å². The molecule has 0 aromatic carbocycles. The third-order valence-corrected chi connectivity index (χ3v) is 1.54. The molecule has 0 saturated heterocycles. The third-order valence-electron chi connectivity index (χ3n) is 1.54. The quantitative estimate of drug-likeness (QED) is 0.754. The molecule has 1 aromatic rings. The smallest absolute Gasteiger partial charge is 0.240 e. The molecule has 1 atom stereocenters. The molecule has 1 heterocycles. The van der Waals surface area contributed by atoms with Crippen LogP contribution in [-0.4, -0.2) is 11.4 Å². The molecular formula is C8H10F2N2. The van der Waals surface area contributed by atoms with Crippen molar-refractivity contribution in [2.75, 3.05) is 0 Å². The van der Waals surface area contributed by atoms with E-state index in [-0.39, 0.29) is 6.42 Å². The first-order valence-corrected chi connectivity index (χ1v) is 3.64. The molecule has 2 nitrogen and oxygen atoms in total. The van der Waals surface area contributed by atoms with Crippen molar-refractivity contribution >= 4 is 0 Å². The molecule has 1 aromatic heterocycles. The molecule has 2 N–H and O–H groups in total. The number of nitrogens with two attached hydrogens (primary N) is 1. The largest absolute Gasteiger partial charge is 0.324 e. The zero-order valence-electron chi connectivity index (χ0n) is 6.45. The maximum atomic E-state index is 11.9. The number of halogens is 2. The van der Waals surface area contributed by atoms with Gasteiger partial charge in [0, 0.05) is 24.9 Å². The fourth-order valence-electron chi connectivity index (χ4n) is 0.923. The molecule has 0 bridgehead atoms. The SMILES string of the molecule is N[C@H](CC(F)F)c1cccnc1. The lowest BCUT2D eigenvalue weighted by atomic mass is 10.1. The molecule has 0 unspecified atom stereocenters. The number of hydrogen-bond donors (Lipinski definition) is 1. The van der Waals surface area contributed by atoms with Crippen molar-refractivity contribution in [1.29, 1.82) is 0 Å². The summed E-state index contributed by atoms with van der Waals surface area (Å²) in [5.41, 5.74) is 6.13. The van der Waals surface area contributed by atoms with Crippen LogP contribution >= 0.6 is 0 Å². The first-order valence-electron chi connectivity index (χ1n) is 3.64. The van der Waals surface area contributed by atoms with Gasteiger partial charge >= 0.3 is 0 Å². The van der Waals surface area contributed by atoms with Crippen molar-refractivity contribution in [3.63, 3.8) is 0 Å². The number of pyridine rings is 1. The van der Waals surface area contributed by atoms with Gasteiger partial charge in [-0.2, -0.15) is 0 Å². The van der Waals surface area contributed by atoms with Crippen LogP contribution in [0.15, 0.2) is 24.5 Å². The second kappa shape index (κ2) is 4.11. The number of alkyl halides is 2. The van der Waals surface area contributed by atoms with Gasteiger partial charge in [-0.25, -0.2) is 8.78 Å². The molecule has 0 aliphatic rings. The van der Waals surface area contributed by atoms with Crippen molar-refractivity contribution < 1.29 is 8.78 Å². The minimum atomic E-state index is -2.36. The van der Waals surface area contributed by atoms with Crippen LogP contribution in [-0.2, 0) is 0 Å². The van der Waals surface area contributed by atoms with Gasteiger partial charge in [0.2, 0.25) is 6.43 Å². The van der Waals surface area contributed by atoms with E-state index in [1.54, 1.807) is 18.3 Å². The Balaban J connectivity index is 2.59. The number of nitrogens with zero attached hydrogens (tertiary/aromatic N) is 1. The summed E-state index contributed by atoms with van der Waals surface area (Å²) in [6, 6.07) is 2.76. The van der Waals surface area contributed by atoms with E-state index < -0.39 is 12.5 Å². The lowest BCUT2D eigenvalue weighted by molar-refractivity contribution is 0.128. The van der Waals surface area contributed by atoms with Crippen LogP contribution in [0.3, 0.4) is 0 Å². The maximum absolute atomic E-state index is 11.9. The van der Waals surface area contributed by atoms with E-state index in [0.717, 1.165) is 0 Å². The Hall–Kier alpha value is -1.03. The zero-order chi connectivity index (χ0) is 8.97. The van der Waals surface area contributed by atoms with Crippen LogP contribution < -0.4 is 5.73 Å². The molecule has 66 valence electrons. The fourth-order valence-corrected chi connectivity index (χ4v) is 0.923. The van der Waals surface area contributed by atoms with Crippen molar-refractivity contribution in [2.24, 2.45) is 5.73 Å². The Kier molecular flexibility index (Phi) is 3.10. The van der Waals surface area contributed by atoms with E-state index in [0.29, 0.717) is 5.56 Å². The molecule has 0 aliphatic heterocycles. The van der Waals surface area contributed by atoms with Crippen LogP contribution in [0, 0.1) is 0 Å². The van der Waals surface area contributed by atoms with E-state index in [4.69, 9.17) is 5.73 Å². The molecule has 1 rings (SSSR count). The third kappa shape index (κ3) is 2.54. The average molecular weight is 172 g/mol. The highest BCUT2D eigenvalue weighted by Crippen LogP contribution is 2.16. The summed E-state index contributed by atoms with van der Waals surface area (Å²) in [5.74, 6) is 0. The highest BCUT2D eigenvalue weighted by atomic mass is 19.3. The molecule has 0 saturated carbocycles. The predicted molar refractivity (Wildman–Crippen MR) is 41.8 cm³/mol. The summed E-state index contributed by atoms with van der Waals surface area (Å²) < 4.78 is 23.7. The van der Waals surface area contributed by atoms with Gasteiger partial charge in [-0.05, 0) is 11.6 Å². The van der Waals surface area contributed by atoms with Gasteiger partial charge in [-0.3, -0.25) is 4.98 Å². The number of aromatic nitrogens is 1. The number of rotatable bonds is 3. The molecule has 0 aliphatic carbocycles. The minimum absolute atomic E-state index is 0.314. The lowest BCUT2D eigenvalue weighted by Crippen LogP contribution is -2.13.